The Morgan fingerprint density at radius 1 is 1.17 bits per heavy atom. The van der Waals surface area contributed by atoms with Crippen LogP contribution >= 0.6 is 0 Å². The van der Waals surface area contributed by atoms with Crippen LogP contribution in [0.3, 0.4) is 0 Å². The highest BCUT2D eigenvalue weighted by Gasteiger charge is 2.10. The van der Waals surface area contributed by atoms with Gasteiger partial charge in [-0.15, -0.1) is 6.58 Å². The van der Waals surface area contributed by atoms with Crippen LogP contribution in [0.1, 0.15) is 46.1 Å². The minimum atomic E-state index is 0.523. The molecule has 0 saturated carbocycles. The first-order valence-corrected chi connectivity index (χ1v) is 8.83. The average molecular weight is 313 g/mol. The molecule has 1 atom stereocenters. The van der Waals surface area contributed by atoms with Crippen molar-refractivity contribution in [1.29, 1.82) is 0 Å². The molecule has 0 aliphatic rings. The second-order valence-electron chi connectivity index (χ2n) is 6.14. The Bertz CT molecular complexity index is 572. The lowest BCUT2D eigenvalue weighted by atomic mass is 10.1. The third-order valence-electron chi connectivity index (χ3n) is 3.62. The fourth-order valence-electron chi connectivity index (χ4n) is 2.57. The first kappa shape index (κ1) is 19.4. The van der Waals surface area contributed by atoms with Gasteiger partial charge in [-0.1, -0.05) is 58.4 Å². The van der Waals surface area contributed by atoms with E-state index in [2.05, 4.69) is 68.4 Å². The molecule has 1 heterocycles. The molecule has 0 aliphatic carbocycles. The van der Waals surface area contributed by atoms with Crippen LogP contribution in [0, 0.1) is 5.92 Å². The smallest absolute Gasteiger partial charge is 0.0705 e. The van der Waals surface area contributed by atoms with E-state index in [1.807, 2.05) is 18.3 Å². The molecule has 0 amide bonds. The number of hydrogen-bond donors (Lipinski definition) is 0. The summed E-state index contributed by atoms with van der Waals surface area (Å²) >= 11 is 0. The molecule has 2 nitrogen and oxygen atoms in total. The Hall–Kier alpha value is -1.67. The predicted molar refractivity (Wildman–Crippen MR) is 103 cm³/mol. The van der Waals surface area contributed by atoms with E-state index in [1.54, 1.807) is 0 Å². The monoisotopic (exact) mass is 312 g/mol. The molecule has 2 aromatic rings. The molecule has 0 N–H and O–H groups in total. The van der Waals surface area contributed by atoms with Crippen molar-refractivity contribution >= 4 is 10.9 Å². The Morgan fingerprint density at radius 3 is 2.52 bits per heavy atom. The van der Waals surface area contributed by atoms with Gasteiger partial charge in [-0.3, -0.25) is 9.88 Å². The summed E-state index contributed by atoms with van der Waals surface area (Å²) < 4.78 is 0. The molecular weight excluding hydrogens is 280 g/mol. The van der Waals surface area contributed by atoms with Crippen LogP contribution in [0.4, 0.5) is 0 Å². The molecule has 0 bridgehead atoms. The third-order valence-corrected chi connectivity index (χ3v) is 3.62. The number of fused-ring (bicyclic) bond motifs is 1. The van der Waals surface area contributed by atoms with Crippen LogP contribution in [-0.4, -0.2) is 23.0 Å². The van der Waals surface area contributed by atoms with E-state index in [-0.39, 0.29) is 0 Å². The van der Waals surface area contributed by atoms with Crippen molar-refractivity contribution in [1.82, 2.24) is 9.88 Å². The van der Waals surface area contributed by atoms with Gasteiger partial charge in [0.2, 0.25) is 0 Å². The lowest BCUT2D eigenvalue weighted by Crippen LogP contribution is -2.28. The van der Waals surface area contributed by atoms with Crippen molar-refractivity contribution in [3.8, 4) is 0 Å². The zero-order valence-electron chi connectivity index (χ0n) is 15.3. The van der Waals surface area contributed by atoms with Crippen molar-refractivity contribution in [2.45, 2.75) is 47.1 Å². The number of pyridine rings is 1. The highest BCUT2D eigenvalue weighted by molar-refractivity contribution is 5.81. The van der Waals surface area contributed by atoms with Crippen LogP contribution in [0.25, 0.3) is 10.9 Å². The molecule has 0 spiro atoms. The molecule has 1 unspecified atom stereocenters. The van der Waals surface area contributed by atoms with Gasteiger partial charge in [0.05, 0.1) is 5.52 Å². The van der Waals surface area contributed by atoms with Gasteiger partial charge in [-0.25, -0.2) is 0 Å². The van der Waals surface area contributed by atoms with Crippen LogP contribution in [0.15, 0.2) is 49.2 Å². The number of nitrogens with zero attached hydrogens (tertiary/aromatic N) is 2. The maximum atomic E-state index is 4.44. The maximum Gasteiger partial charge on any atom is 0.0705 e. The summed E-state index contributed by atoms with van der Waals surface area (Å²) in [7, 11) is 0. The Balaban J connectivity index is 0.000000816. The van der Waals surface area contributed by atoms with Gasteiger partial charge in [-0.2, -0.15) is 0 Å². The first-order valence-electron chi connectivity index (χ1n) is 8.83. The largest absolute Gasteiger partial charge is 0.298 e. The Morgan fingerprint density at radius 2 is 1.87 bits per heavy atom. The van der Waals surface area contributed by atoms with Gasteiger partial charge in [0.15, 0.2) is 0 Å². The SMILES string of the molecule is C=CC(C)CN(CCC)Cc1ccnc2ccccc12.CCC. The minimum absolute atomic E-state index is 0.523. The number of aromatic nitrogens is 1. The average Bonchev–Trinajstić information content (AvgIpc) is 2.56. The summed E-state index contributed by atoms with van der Waals surface area (Å²) in [6.45, 7) is 15.8. The van der Waals surface area contributed by atoms with Crippen molar-refractivity contribution < 1.29 is 0 Å². The van der Waals surface area contributed by atoms with E-state index < -0.39 is 0 Å². The second kappa shape index (κ2) is 11.0. The summed E-state index contributed by atoms with van der Waals surface area (Å²) in [5.41, 5.74) is 2.44. The lowest BCUT2D eigenvalue weighted by molar-refractivity contribution is 0.246. The number of rotatable bonds is 7. The molecule has 2 heteroatoms. The lowest BCUT2D eigenvalue weighted by Gasteiger charge is -2.24. The van der Waals surface area contributed by atoms with Gasteiger partial charge < -0.3 is 0 Å². The molecule has 126 valence electrons. The van der Waals surface area contributed by atoms with Crippen LogP contribution in [0.2, 0.25) is 0 Å². The van der Waals surface area contributed by atoms with E-state index in [0.717, 1.165) is 25.2 Å². The van der Waals surface area contributed by atoms with E-state index in [4.69, 9.17) is 0 Å². The van der Waals surface area contributed by atoms with Gasteiger partial charge in [-0.05, 0) is 36.6 Å². The summed E-state index contributed by atoms with van der Waals surface area (Å²) in [4.78, 5) is 6.95. The number of benzene rings is 1. The fourth-order valence-corrected chi connectivity index (χ4v) is 2.57. The Labute approximate surface area is 142 Å². The molecule has 1 aromatic heterocycles. The maximum absolute atomic E-state index is 4.44. The molecule has 0 saturated heterocycles. The third kappa shape index (κ3) is 6.54. The number of para-hydroxylation sites is 1. The highest BCUT2D eigenvalue weighted by atomic mass is 15.1. The van der Waals surface area contributed by atoms with Gasteiger partial charge in [0, 0.05) is 24.7 Å². The minimum Gasteiger partial charge on any atom is -0.298 e. The van der Waals surface area contributed by atoms with Crippen molar-refractivity contribution in [3.05, 3.63) is 54.7 Å². The summed E-state index contributed by atoms with van der Waals surface area (Å²) in [5, 5.41) is 1.27. The molecule has 0 radical (unpaired) electrons. The van der Waals surface area contributed by atoms with Gasteiger partial charge in [0.1, 0.15) is 0 Å². The molecule has 2 rings (SSSR count). The molecular formula is C21H32N2. The van der Waals surface area contributed by atoms with Crippen LogP contribution < -0.4 is 0 Å². The summed E-state index contributed by atoms with van der Waals surface area (Å²) in [6.07, 6.45) is 6.37. The molecule has 0 aliphatic heterocycles. The quantitative estimate of drug-likeness (QED) is 0.611. The van der Waals surface area contributed by atoms with Crippen LogP contribution in [-0.2, 0) is 6.54 Å². The highest BCUT2D eigenvalue weighted by Crippen LogP contribution is 2.18. The second-order valence-corrected chi connectivity index (χ2v) is 6.14. The van der Waals surface area contributed by atoms with E-state index in [0.29, 0.717) is 5.92 Å². The van der Waals surface area contributed by atoms with Crippen molar-refractivity contribution in [2.75, 3.05) is 13.1 Å². The Kier molecular flexibility index (Phi) is 9.23. The van der Waals surface area contributed by atoms with E-state index in [1.165, 1.54) is 23.8 Å². The summed E-state index contributed by atoms with van der Waals surface area (Å²) in [5.74, 6) is 0.523. The van der Waals surface area contributed by atoms with Crippen molar-refractivity contribution in [3.63, 3.8) is 0 Å². The number of hydrogen-bond acceptors (Lipinski definition) is 2. The van der Waals surface area contributed by atoms with Crippen molar-refractivity contribution in [2.24, 2.45) is 5.92 Å². The van der Waals surface area contributed by atoms with E-state index >= 15 is 0 Å². The molecule has 1 aromatic carbocycles. The van der Waals surface area contributed by atoms with E-state index in [9.17, 15) is 0 Å². The zero-order valence-corrected chi connectivity index (χ0v) is 15.3. The predicted octanol–water partition coefficient (Wildman–Crippen LogP) is 5.69. The zero-order chi connectivity index (χ0) is 17.1. The first-order chi connectivity index (χ1) is 11.2. The standard InChI is InChI=1S/C18H24N2.C3H8/c1-4-12-20(13-15(3)5-2)14-16-10-11-19-18-9-7-6-8-17(16)18;1-3-2/h5-11,15H,2,4,12-14H2,1,3H3;3H2,1-2H3. The molecule has 0 fully saturated rings. The summed E-state index contributed by atoms with van der Waals surface area (Å²) in [6, 6.07) is 10.5. The van der Waals surface area contributed by atoms with Gasteiger partial charge in [0.25, 0.3) is 0 Å². The molecule has 23 heavy (non-hydrogen) atoms. The normalized spacial score (nSPS) is 11.9. The topological polar surface area (TPSA) is 16.1 Å². The van der Waals surface area contributed by atoms with Gasteiger partial charge >= 0.3 is 0 Å². The fraction of sp³-hybridized carbons (Fsp3) is 0.476. The van der Waals surface area contributed by atoms with Crippen LogP contribution in [0.5, 0.6) is 0 Å².